The average molecular weight is 680 g/mol. The Morgan fingerprint density at radius 1 is 0.930 bits per heavy atom. The van der Waals surface area contributed by atoms with E-state index in [0.717, 1.165) is 35.7 Å². The van der Waals surface area contributed by atoms with Crippen LogP contribution in [-0.2, 0) is 14.3 Å². The number of carbonyl (C=O) groups excluding carboxylic acids is 4. The number of benzene rings is 3. The highest BCUT2D eigenvalue weighted by Gasteiger charge is 2.48. The van der Waals surface area contributed by atoms with Crippen molar-refractivity contribution in [2.75, 3.05) is 11.5 Å². The van der Waals surface area contributed by atoms with E-state index >= 15 is 0 Å². The van der Waals surface area contributed by atoms with Crippen LogP contribution >= 0.6 is 39.1 Å². The van der Waals surface area contributed by atoms with Crippen LogP contribution in [-0.4, -0.2) is 35.2 Å². The molecule has 1 aliphatic carbocycles. The lowest BCUT2D eigenvalue weighted by atomic mass is 9.81. The number of hydrogen-bond donors (Lipinski definition) is 0. The summed E-state index contributed by atoms with van der Waals surface area (Å²) >= 11 is 15.6. The molecule has 218 valence electrons. The van der Waals surface area contributed by atoms with Crippen molar-refractivity contribution in [3.05, 3.63) is 91.9 Å². The van der Waals surface area contributed by atoms with Crippen molar-refractivity contribution < 1.29 is 23.9 Å². The maximum Gasteiger partial charge on any atom is 0.339 e. The Bertz CT molecular complexity index is 1800. The van der Waals surface area contributed by atoms with Gasteiger partial charge in [0.15, 0.2) is 6.61 Å². The number of halogens is 3. The number of carbonyl (C=O) groups is 4. The largest absolute Gasteiger partial charge is 0.454 e. The molecule has 2 fully saturated rings. The molecule has 2 unspecified atom stereocenters. The number of pyridine rings is 1. The molecule has 0 bridgehead atoms. The summed E-state index contributed by atoms with van der Waals surface area (Å²) in [7, 11) is 0. The quantitative estimate of drug-likeness (QED) is 0.116. The van der Waals surface area contributed by atoms with Gasteiger partial charge in [-0.05, 0) is 73.9 Å². The van der Waals surface area contributed by atoms with Gasteiger partial charge in [0, 0.05) is 26.0 Å². The van der Waals surface area contributed by atoms with E-state index < -0.39 is 18.4 Å². The summed E-state index contributed by atoms with van der Waals surface area (Å²) in [6.07, 6.45) is 3.42. The summed E-state index contributed by atoms with van der Waals surface area (Å²) in [6.45, 7) is 1.37. The zero-order chi connectivity index (χ0) is 30.4. The van der Waals surface area contributed by atoms with E-state index in [4.69, 9.17) is 32.9 Å². The van der Waals surface area contributed by atoms with Crippen molar-refractivity contribution in [2.24, 2.45) is 11.8 Å². The number of Topliss-reactive ketones (excluding diaryl/α,β-unsaturated/α-hetero) is 1. The number of hydrogen-bond acceptors (Lipinski definition) is 6. The van der Waals surface area contributed by atoms with Crippen LogP contribution in [0.15, 0.2) is 65.1 Å². The molecule has 1 aliphatic heterocycles. The van der Waals surface area contributed by atoms with E-state index in [9.17, 15) is 19.2 Å². The molecular weight excluding hydrogens is 655 g/mol. The summed E-state index contributed by atoms with van der Waals surface area (Å²) in [5, 5.41) is 1.12. The Morgan fingerprint density at radius 2 is 1.60 bits per heavy atom. The standard InChI is InChI=1S/C33H25BrCl2N2O5/c1-17-12-19(34)13-25-26(33(42)43-16-29(39)24-11-8-20(35)14-27(24)36)15-28(37-30(17)25)18-6-9-21(10-7-18)38-31(40)22-4-2-3-5-23(22)32(38)41/h6-15,22-23H,2-5,16H2,1H3. The topological polar surface area (TPSA) is 93.6 Å². The van der Waals surface area contributed by atoms with Gasteiger partial charge in [-0.3, -0.25) is 19.3 Å². The van der Waals surface area contributed by atoms with E-state index in [2.05, 4.69) is 15.9 Å². The molecule has 6 rings (SSSR count). The Labute approximate surface area is 266 Å². The molecule has 43 heavy (non-hydrogen) atoms. The molecule has 0 radical (unpaired) electrons. The van der Waals surface area contributed by atoms with E-state index in [1.165, 1.54) is 17.0 Å². The molecule has 1 saturated carbocycles. The number of ether oxygens (including phenoxy) is 1. The van der Waals surface area contributed by atoms with Crippen molar-refractivity contribution in [1.82, 2.24) is 4.98 Å². The zero-order valence-corrected chi connectivity index (χ0v) is 26.1. The van der Waals surface area contributed by atoms with Gasteiger partial charge >= 0.3 is 5.97 Å². The molecule has 4 aromatic rings. The number of aromatic nitrogens is 1. The number of anilines is 1. The maximum absolute atomic E-state index is 13.4. The van der Waals surface area contributed by atoms with Gasteiger partial charge in [-0.1, -0.05) is 64.1 Å². The highest BCUT2D eigenvalue weighted by molar-refractivity contribution is 9.10. The van der Waals surface area contributed by atoms with Gasteiger partial charge in [0.2, 0.25) is 17.6 Å². The second-order valence-corrected chi connectivity index (χ2v) is 12.6. The van der Waals surface area contributed by atoms with Gasteiger partial charge in [-0.2, -0.15) is 0 Å². The first-order valence-corrected chi connectivity index (χ1v) is 15.4. The maximum atomic E-state index is 13.4. The number of imide groups is 1. The number of fused-ring (bicyclic) bond motifs is 2. The third kappa shape index (κ3) is 5.59. The van der Waals surface area contributed by atoms with E-state index in [1.807, 2.05) is 13.0 Å². The Balaban J connectivity index is 1.31. The van der Waals surface area contributed by atoms with E-state index in [0.29, 0.717) is 32.9 Å². The number of amides is 2. The minimum Gasteiger partial charge on any atom is -0.454 e. The monoisotopic (exact) mass is 678 g/mol. The molecule has 2 heterocycles. The molecule has 3 aromatic carbocycles. The third-order valence-electron chi connectivity index (χ3n) is 8.12. The molecule has 2 amide bonds. The number of aryl methyl sites for hydroxylation is 1. The second kappa shape index (κ2) is 11.8. The zero-order valence-electron chi connectivity index (χ0n) is 23.0. The third-order valence-corrected chi connectivity index (χ3v) is 9.12. The summed E-state index contributed by atoms with van der Waals surface area (Å²) < 4.78 is 6.22. The van der Waals surface area contributed by atoms with Gasteiger partial charge in [-0.25, -0.2) is 9.78 Å². The van der Waals surface area contributed by atoms with Crippen molar-refractivity contribution in [3.63, 3.8) is 0 Å². The first-order valence-electron chi connectivity index (χ1n) is 13.9. The predicted molar refractivity (Wildman–Crippen MR) is 169 cm³/mol. The van der Waals surface area contributed by atoms with Crippen molar-refractivity contribution in [3.8, 4) is 11.3 Å². The molecule has 2 aliphatic rings. The predicted octanol–water partition coefficient (Wildman–Crippen LogP) is 8.00. The Morgan fingerprint density at radius 3 is 2.26 bits per heavy atom. The Kier molecular flexibility index (Phi) is 8.11. The lowest BCUT2D eigenvalue weighted by Crippen LogP contribution is -2.30. The Hall–Kier alpha value is -3.59. The smallest absolute Gasteiger partial charge is 0.339 e. The fourth-order valence-corrected chi connectivity index (χ4v) is 7.06. The first-order chi connectivity index (χ1) is 20.6. The normalized spacial score (nSPS) is 18.2. The van der Waals surface area contributed by atoms with Gasteiger partial charge < -0.3 is 4.74 Å². The average Bonchev–Trinajstić information content (AvgIpc) is 3.24. The number of nitrogens with zero attached hydrogens (tertiary/aromatic N) is 2. The summed E-state index contributed by atoms with van der Waals surface area (Å²) in [4.78, 5) is 58.5. The van der Waals surface area contributed by atoms with Crippen LogP contribution in [0.1, 0.15) is 52.0 Å². The van der Waals surface area contributed by atoms with Crippen LogP contribution in [0.4, 0.5) is 5.69 Å². The summed E-state index contributed by atoms with van der Waals surface area (Å²) in [6, 6.07) is 16.8. The minimum absolute atomic E-state index is 0.132. The van der Waals surface area contributed by atoms with Crippen LogP contribution in [0.5, 0.6) is 0 Å². The van der Waals surface area contributed by atoms with Crippen molar-refractivity contribution in [1.29, 1.82) is 0 Å². The van der Waals surface area contributed by atoms with Crippen molar-refractivity contribution >= 4 is 79.3 Å². The van der Waals surface area contributed by atoms with E-state index in [-0.39, 0.29) is 39.8 Å². The molecule has 0 spiro atoms. The van der Waals surface area contributed by atoms with Crippen LogP contribution in [0, 0.1) is 18.8 Å². The highest BCUT2D eigenvalue weighted by Crippen LogP contribution is 2.40. The fourth-order valence-electron chi connectivity index (χ4n) is 5.97. The first kappa shape index (κ1) is 29.5. The SMILES string of the molecule is Cc1cc(Br)cc2c(C(=O)OCC(=O)c3ccc(Cl)cc3Cl)cc(-c3ccc(N4C(=O)C5CCCCC5C4=O)cc3)nc12. The van der Waals surface area contributed by atoms with Gasteiger partial charge in [0.25, 0.3) is 0 Å². The molecule has 1 aromatic heterocycles. The lowest BCUT2D eigenvalue weighted by Gasteiger charge is -2.19. The lowest BCUT2D eigenvalue weighted by molar-refractivity contribution is -0.122. The van der Waals surface area contributed by atoms with Crippen molar-refractivity contribution in [2.45, 2.75) is 32.6 Å². The molecule has 0 N–H and O–H groups in total. The molecule has 7 nitrogen and oxygen atoms in total. The van der Waals surface area contributed by atoms with Gasteiger partial charge in [-0.15, -0.1) is 0 Å². The molecule has 10 heteroatoms. The molecule has 2 atom stereocenters. The number of ketones is 1. The van der Waals surface area contributed by atoms with Crippen LogP contribution in [0.25, 0.3) is 22.2 Å². The number of rotatable bonds is 6. The minimum atomic E-state index is -0.697. The highest BCUT2D eigenvalue weighted by atomic mass is 79.9. The van der Waals surface area contributed by atoms with Gasteiger partial charge in [0.1, 0.15) is 0 Å². The summed E-state index contributed by atoms with van der Waals surface area (Å²) in [5.74, 6) is -1.90. The molecule has 1 saturated heterocycles. The van der Waals surface area contributed by atoms with Crippen LogP contribution in [0.3, 0.4) is 0 Å². The van der Waals surface area contributed by atoms with E-state index in [1.54, 1.807) is 42.5 Å². The van der Waals surface area contributed by atoms with Crippen LogP contribution < -0.4 is 4.90 Å². The van der Waals surface area contributed by atoms with Gasteiger partial charge in [0.05, 0.1) is 39.3 Å². The second-order valence-electron chi connectivity index (χ2n) is 10.9. The summed E-state index contributed by atoms with van der Waals surface area (Å²) in [5.41, 5.74) is 3.56. The van der Waals surface area contributed by atoms with Crippen LogP contribution in [0.2, 0.25) is 10.0 Å². The number of esters is 1. The molecular formula is C33H25BrCl2N2O5. The fraction of sp³-hybridized carbons (Fsp3) is 0.242.